The molecule has 6 heteroatoms. The van der Waals surface area contributed by atoms with Crippen molar-refractivity contribution in [2.75, 3.05) is 32.9 Å². The lowest BCUT2D eigenvalue weighted by molar-refractivity contribution is -0.153. The fourth-order valence-corrected chi connectivity index (χ4v) is 2.40. The van der Waals surface area contributed by atoms with Crippen LogP contribution in [0.5, 0.6) is 0 Å². The molecule has 0 spiro atoms. The molecule has 2 saturated heterocycles. The maximum absolute atomic E-state index is 11.9. The zero-order chi connectivity index (χ0) is 13.1. The third kappa shape index (κ3) is 2.81. The number of hydrogen-bond donors (Lipinski definition) is 1. The van der Waals surface area contributed by atoms with Crippen LogP contribution < -0.4 is 5.32 Å². The summed E-state index contributed by atoms with van der Waals surface area (Å²) in [6, 6.07) is -0.406. The highest BCUT2D eigenvalue weighted by molar-refractivity contribution is 5.95. The summed E-state index contributed by atoms with van der Waals surface area (Å²) in [6.45, 7) is 6.01. The molecule has 2 amide bonds. The standard InChI is InChI=1S/C12H20N2O4/c1-8(2)11-12(16)13-5-10(15)14(11)6-9-7-17-3-4-18-9/h8-9,11H,3-7H2,1-2H3,(H,13,16). The Balaban J connectivity index is 2.05. The Labute approximate surface area is 107 Å². The molecule has 0 radical (unpaired) electrons. The van der Waals surface area contributed by atoms with E-state index in [1.54, 1.807) is 4.90 Å². The number of hydrogen-bond acceptors (Lipinski definition) is 4. The molecule has 0 saturated carbocycles. The van der Waals surface area contributed by atoms with Crippen LogP contribution in [0.25, 0.3) is 0 Å². The van der Waals surface area contributed by atoms with Crippen LogP contribution in [-0.2, 0) is 19.1 Å². The van der Waals surface area contributed by atoms with Gasteiger partial charge >= 0.3 is 0 Å². The van der Waals surface area contributed by atoms with E-state index in [9.17, 15) is 9.59 Å². The molecule has 0 aromatic heterocycles. The van der Waals surface area contributed by atoms with E-state index in [0.717, 1.165) is 0 Å². The average molecular weight is 256 g/mol. The van der Waals surface area contributed by atoms with E-state index in [1.165, 1.54) is 0 Å². The Kier molecular flexibility index (Phi) is 4.19. The zero-order valence-corrected chi connectivity index (χ0v) is 10.8. The molecule has 2 rings (SSSR count). The van der Waals surface area contributed by atoms with Crippen LogP contribution in [0.1, 0.15) is 13.8 Å². The molecule has 0 aromatic carbocycles. The fourth-order valence-electron chi connectivity index (χ4n) is 2.40. The Morgan fingerprint density at radius 2 is 2.17 bits per heavy atom. The van der Waals surface area contributed by atoms with Gasteiger partial charge in [-0.05, 0) is 5.92 Å². The average Bonchev–Trinajstić information content (AvgIpc) is 2.35. The molecular formula is C12H20N2O4. The highest BCUT2D eigenvalue weighted by Crippen LogP contribution is 2.16. The third-order valence-electron chi connectivity index (χ3n) is 3.26. The molecule has 2 aliphatic heterocycles. The summed E-state index contributed by atoms with van der Waals surface area (Å²) in [4.78, 5) is 25.4. The first-order valence-corrected chi connectivity index (χ1v) is 6.36. The molecule has 2 heterocycles. The predicted octanol–water partition coefficient (Wildman–Crippen LogP) is -0.615. The monoisotopic (exact) mass is 256 g/mol. The molecule has 2 fully saturated rings. The SMILES string of the molecule is CC(C)C1C(=O)NCC(=O)N1CC1COCCO1. The second-order valence-corrected chi connectivity index (χ2v) is 5.02. The Hall–Kier alpha value is -1.14. The quantitative estimate of drug-likeness (QED) is 0.731. The third-order valence-corrected chi connectivity index (χ3v) is 3.26. The molecule has 1 N–H and O–H groups in total. The van der Waals surface area contributed by atoms with E-state index in [-0.39, 0.29) is 30.4 Å². The topological polar surface area (TPSA) is 67.9 Å². The smallest absolute Gasteiger partial charge is 0.243 e. The second kappa shape index (κ2) is 5.67. The summed E-state index contributed by atoms with van der Waals surface area (Å²) < 4.78 is 10.9. The number of nitrogens with zero attached hydrogens (tertiary/aromatic N) is 1. The molecule has 0 aromatic rings. The van der Waals surface area contributed by atoms with Gasteiger partial charge in [-0.15, -0.1) is 0 Å². The van der Waals surface area contributed by atoms with Crippen molar-refractivity contribution in [3.63, 3.8) is 0 Å². The summed E-state index contributed by atoms with van der Waals surface area (Å²) in [5.74, 6) is -0.0532. The largest absolute Gasteiger partial charge is 0.376 e. The van der Waals surface area contributed by atoms with Crippen molar-refractivity contribution >= 4 is 11.8 Å². The van der Waals surface area contributed by atoms with Crippen molar-refractivity contribution in [1.29, 1.82) is 0 Å². The van der Waals surface area contributed by atoms with Gasteiger partial charge in [-0.3, -0.25) is 9.59 Å². The van der Waals surface area contributed by atoms with Crippen LogP contribution in [0.15, 0.2) is 0 Å². The summed E-state index contributed by atoms with van der Waals surface area (Å²) in [7, 11) is 0. The number of ether oxygens (including phenoxy) is 2. The summed E-state index contributed by atoms with van der Waals surface area (Å²) in [5, 5.41) is 2.63. The van der Waals surface area contributed by atoms with Gasteiger partial charge in [-0.1, -0.05) is 13.8 Å². The van der Waals surface area contributed by atoms with Crippen molar-refractivity contribution in [2.24, 2.45) is 5.92 Å². The van der Waals surface area contributed by atoms with Crippen LogP contribution >= 0.6 is 0 Å². The first kappa shape index (κ1) is 13.3. The molecule has 2 atom stereocenters. The van der Waals surface area contributed by atoms with Gasteiger partial charge in [0.25, 0.3) is 0 Å². The van der Waals surface area contributed by atoms with E-state index in [2.05, 4.69) is 5.32 Å². The fraction of sp³-hybridized carbons (Fsp3) is 0.833. The van der Waals surface area contributed by atoms with E-state index in [0.29, 0.717) is 26.4 Å². The molecule has 0 aliphatic carbocycles. The van der Waals surface area contributed by atoms with Crippen LogP contribution in [0.4, 0.5) is 0 Å². The molecule has 2 aliphatic rings. The molecule has 18 heavy (non-hydrogen) atoms. The van der Waals surface area contributed by atoms with Gasteiger partial charge < -0.3 is 19.7 Å². The maximum atomic E-state index is 11.9. The second-order valence-electron chi connectivity index (χ2n) is 5.02. The lowest BCUT2D eigenvalue weighted by Crippen LogP contribution is -2.62. The number of carbonyl (C=O) groups is 2. The molecule has 102 valence electrons. The van der Waals surface area contributed by atoms with E-state index >= 15 is 0 Å². The van der Waals surface area contributed by atoms with Gasteiger partial charge in [0.1, 0.15) is 6.04 Å². The Morgan fingerprint density at radius 3 is 2.78 bits per heavy atom. The minimum atomic E-state index is -0.406. The Bertz CT molecular complexity index is 326. The highest BCUT2D eigenvalue weighted by atomic mass is 16.6. The van der Waals surface area contributed by atoms with E-state index in [4.69, 9.17) is 9.47 Å². The predicted molar refractivity (Wildman–Crippen MR) is 63.9 cm³/mol. The van der Waals surface area contributed by atoms with Crippen molar-refractivity contribution in [2.45, 2.75) is 26.0 Å². The van der Waals surface area contributed by atoms with Gasteiger partial charge in [-0.25, -0.2) is 0 Å². The van der Waals surface area contributed by atoms with Crippen molar-refractivity contribution in [1.82, 2.24) is 10.2 Å². The molecule has 2 unspecified atom stereocenters. The number of amides is 2. The van der Waals surface area contributed by atoms with Gasteiger partial charge in [0.05, 0.1) is 39.0 Å². The van der Waals surface area contributed by atoms with Gasteiger partial charge in [0.15, 0.2) is 0 Å². The zero-order valence-electron chi connectivity index (χ0n) is 10.8. The van der Waals surface area contributed by atoms with Crippen LogP contribution in [0, 0.1) is 5.92 Å². The Morgan fingerprint density at radius 1 is 1.39 bits per heavy atom. The van der Waals surface area contributed by atoms with E-state index in [1.807, 2.05) is 13.8 Å². The summed E-state index contributed by atoms with van der Waals surface area (Å²) >= 11 is 0. The van der Waals surface area contributed by atoms with Crippen molar-refractivity contribution in [3.8, 4) is 0 Å². The summed E-state index contributed by atoms with van der Waals surface area (Å²) in [6.07, 6.45) is -0.130. The lowest BCUT2D eigenvalue weighted by Gasteiger charge is -2.39. The van der Waals surface area contributed by atoms with Crippen LogP contribution in [0.3, 0.4) is 0 Å². The number of carbonyl (C=O) groups excluding carboxylic acids is 2. The van der Waals surface area contributed by atoms with Gasteiger partial charge in [-0.2, -0.15) is 0 Å². The van der Waals surface area contributed by atoms with E-state index < -0.39 is 6.04 Å². The minimum Gasteiger partial charge on any atom is -0.376 e. The minimum absolute atomic E-state index is 0.0533. The van der Waals surface area contributed by atoms with Crippen LogP contribution in [0.2, 0.25) is 0 Å². The van der Waals surface area contributed by atoms with Gasteiger partial charge in [0, 0.05) is 0 Å². The highest BCUT2D eigenvalue weighted by Gasteiger charge is 2.37. The number of rotatable bonds is 3. The summed E-state index contributed by atoms with van der Waals surface area (Å²) in [5.41, 5.74) is 0. The normalized spacial score (nSPS) is 29.6. The molecular weight excluding hydrogens is 236 g/mol. The van der Waals surface area contributed by atoms with Crippen molar-refractivity contribution in [3.05, 3.63) is 0 Å². The first-order chi connectivity index (χ1) is 8.59. The van der Waals surface area contributed by atoms with Crippen molar-refractivity contribution < 1.29 is 19.1 Å². The number of piperazine rings is 1. The maximum Gasteiger partial charge on any atom is 0.243 e. The number of nitrogens with one attached hydrogen (secondary N) is 1. The lowest BCUT2D eigenvalue weighted by atomic mass is 9.99. The first-order valence-electron chi connectivity index (χ1n) is 6.36. The van der Waals surface area contributed by atoms with Crippen LogP contribution in [-0.4, -0.2) is 61.8 Å². The van der Waals surface area contributed by atoms with Gasteiger partial charge in [0.2, 0.25) is 11.8 Å². The molecule has 0 bridgehead atoms. The molecule has 6 nitrogen and oxygen atoms in total.